The first kappa shape index (κ1) is 16.8. The average Bonchev–Trinajstić information content (AvgIpc) is 3.01. The lowest BCUT2D eigenvalue weighted by Crippen LogP contribution is -2.16. The van der Waals surface area contributed by atoms with Crippen LogP contribution in [0.15, 0.2) is 34.7 Å². The molecule has 0 aliphatic rings. The van der Waals surface area contributed by atoms with Gasteiger partial charge >= 0.3 is 0 Å². The van der Waals surface area contributed by atoms with Crippen molar-refractivity contribution in [3.63, 3.8) is 0 Å². The molecule has 0 bridgehead atoms. The van der Waals surface area contributed by atoms with Crippen LogP contribution < -0.4 is 14.9 Å². The van der Waals surface area contributed by atoms with Gasteiger partial charge in [-0.15, -0.1) is 11.3 Å². The maximum absolute atomic E-state index is 11.8. The number of amides is 1. The molecular weight excluding hydrogens is 415 g/mol. The van der Waals surface area contributed by atoms with Gasteiger partial charge in [0, 0.05) is 0 Å². The van der Waals surface area contributed by atoms with Gasteiger partial charge in [-0.25, -0.2) is 5.43 Å². The van der Waals surface area contributed by atoms with Crippen LogP contribution >= 0.6 is 33.9 Å². The van der Waals surface area contributed by atoms with Gasteiger partial charge in [-0.1, -0.05) is 6.07 Å². The largest absolute Gasteiger partial charge is 0.492 e. The lowest BCUT2D eigenvalue weighted by Gasteiger charge is -2.11. The number of benzene rings is 1. The molecule has 1 N–H and O–H groups in total. The van der Waals surface area contributed by atoms with Crippen molar-refractivity contribution in [2.24, 2.45) is 5.10 Å². The Hall–Kier alpha value is -1.61. The quantitative estimate of drug-likeness (QED) is 0.434. The van der Waals surface area contributed by atoms with E-state index >= 15 is 0 Å². The lowest BCUT2D eigenvalue weighted by molar-refractivity contribution is 0.0959. The zero-order chi connectivity index (χ0) is 15.9. The van der Waals surface area contributed by atoms with E-state index in [1.54, 1.807) is 19.4 Å². The molecule has 7 heteroatoms. The molecule has 0 spiro atoms. The van der Waals surface area contributed by atoms with Crippen LogP contribution in [-0.4, -0.2) is 25.8 Å². The Balaban J connectivity index is 2.12. The molecule has 0 aliphatic carbocycles. The van der Waals surface area contributed by atoms with Crippen LogP contribution in [0.4, 0.5) is 0 Å². The SMILES string of the molecule is CCOc1cc(/C=N/NC(=O)c2cccs2)cc(I)c1OC. The molecular formula is C15H15IN2O3S. The summed E-state index contributed by atoms with van der Waals surface area (Å²) in [6, 6.07) is 7.30. The summed E-state index contributed by atoms with van der Waals surface area (Å²) in [5.41, 5.74) is 3.32. The normalized spacial score (nSPS) is 10.7. The molecule has 0 radical (unpaired) electrons. The minimum absolute atomic E-state index is 0.223. The van der Waals surface area contributed by atoms with Crippen LogP contribution in [0.2, 0.25) is 0 Å². The second-order valence-electron chi connectivity index (χ2n) is 4.14. The van der Waals surface area contributed by atoms with E-state index < -0.39 is 0 Å². The standard InChI is InChI=1S/C15H15IN2O3S/c1-3-21-12-8-10(7-11(16)14(12)20-2)9-17-18-15(19)13-5-4-6-22-13/h4-9H,3H2,1-2H3,(H,18,19)/b17-9+. The summed E-state index contributed by atoms with van der Waals surface area (Å²) in [6.07, 6.45) is 1.58. The smallest absolute Gasteiger partial charge is 0.281 e. The summed E-state index contributed by atoms with van der Waals surface area (Å²) in [4.78, 5) is 12.4. The Bertz CT molecular complexity index is 672. The van der Waals surface area contributed by atoms with Crippen molar-refractivity contribution < 1.29 is 14.3 Å². The topological polar surface area (TPSA) is 59.9 Å². The Kier molecular flexibility index (Phi) is 6.20. The molecule has 2 aromatic rings. The number of ether oxygens (including phenoxy) is 2. The van der Waals surface area contributed by atoms with Gasteiger partial charge in [0.05, 0.1) is 28.4 Å². The molecule has 2 rings (SSSR count). The number of hydrazone groups is 1. The minimum atomic E-state index is -0.223. The van der Waals surface area contributed by atoms with E-state index in [-0.39, 0.29) is 5.91 Å². The number of methoxy groups -OCH3 is 1. The second-order valence-corrected chi connectivity index (χ2v) is 6.25. The van der Waals surface area contributed by atoms with Crippen LogP contribution in [0, 0.1) is 3.57 Å². The van der Waals surface area contributed by atoms with Crippen molar-refractivity contribution in [2.45, 2.75) is 6.92 Å². The number of nitrogens with zero attached hydrogens (tertiary/aromatic N) is 1. The first-order valence-electron chi connectivity index (χ1n) is 6.53. The summed E-state index contributed by atoms with van der Waals surface area (Å²) >= 11 is 3.54. The fraction of sp³-hybridized carbons (Fsp3) is 0.200. The maximum Gasteiger partial charge on any atom is 0.281 e. The highest BCUT2D eigenvalue weighted by Gasteiger charge is 2.10. The van der Waals surface area contributed by atoms with Crippen molar-refractivity contribution in [3.8, 4) is 11.5 Å². The van der Waals surface area contributed by atoms with E-state index in [0.717, 1.165) is 9.13 Å². The molecule has 0 atom stereocenters. The summed E-state index contributed by atoms with van der Waals surface area (Å²) in [7, 11) is 1.61. The fourth-order valence-electron chi connectivity index (χ4n) is 1.75. The van der Waals surface area contributed by atoms with E-state index in [4.69, 9.17) is 9.47 Å². The van der Waals surface area contributed by atoms with Gasteiger partial charge in [-0.05, 0) is 58.7 Å². The van der Waals surface area contributed by atoms with E-state index in [0.29, 0.717) is 23.0 Å². The van der Waals surface area contributed by atoms with E-state index in [2.05, 4.69) is 33.1 Å². The minimum Gasteiger partial charge on any atom is -0.492 e. The highest BCUT2D eigenvalue weighted by atomic mass is 127. The zero-order valence-electron chi connectivity index (χ0n) is 12.1. The van der Waals surface area contributed by atoms with Crippen LogP contribution in [-0.2, 0) is 0 Å². The third kappa shape index (κ3) is 4.20. The molecule has 5 nitrogen and oxygen atoms in total. The van der Waals surface area contributed by atoms with Gasteiger partial charge in [0.25, 0.3) is 5.91 Å². The number of carbonyl (C=O) groups is 1. The first-order chi connectivity index (χ1) is 10.7. The van der Waals surface area contributed by atoms with Gasteiger partial charge in [-0.3, -0.25) is 4.79 Å². The summed E-state index contributed by atoms with van der Waals surface area (Å²) in [5.74, 6) is 1.13. The lowest BCUT2D eigenvalue weighted by atomic mass is 10.2. The number of hydrogen-bond acceptors (Lipinski definition) is 5. The number of thiophene rings is 1. The molecule has 0 fully saturated rings. The van der Waals surface area contributed by atoms with Crippen LogP contribution in [0.3, 0.4) is 0 Å². The third-order valence-electron chi connectivity index (χ3n) is 2.66. The predicted octanol–water partition coefficient (Wildman–Crippen LogP) is 3.52. The maximum atomic E-state index is 11.8. The number of carbonyl (C=O) groups excluding carboxylic acids is 1. The summed E-state index contributed by atoms with van der Waals surface area (Å²) in [6.45, 7) is 2.45. The first-order valence-corrected chi connectivity index (χ1v) is 8.48. The highest BCUT2D eigenvalue weighted by molar-refractivity contribution is 14.1. The van der Waals surface area contributed by atoms with Crippen molar-refractivity contribution in [2.75, 3.05) is 13.7 Å². The van der Waals surface area contributed by atoms with Gasteiger partial charge in [0.2, 0.25) is 0 Å². The predicted molar refractivity (Wildman–Crippen MR) is 96.3 cm³/mol. The van der Waals surface area contributed by atoms with E-state index in [9.17, 15) is 4.79 Å². The third-order valence-corrected chi connectivity index (χ3v) is 4.33. The fourth-order valence-corrected chi connectivity index (χ4v) is 3.21. The number of hydrogen-bond donors (Lipinski definition) is 1. The van der Waals surface area contributed by atoms with Gasteiger partial charge in [0.15, 0.2) is 11.5 Å². The Morgan fingerprint density at radius 2 is 2.32 bits per heavy atom. The van der Waals surface area contributed by atoms with Gasteiger partial charge in [0.1, 0.15) is 0 Å². The monoisotopic (exact) mass is 430 g/mol. The second kappa shape index (κ2) is 8.14. The molecule has 22 heavy (non-hydrogen) atoms. The highest BCUT2D eigenvalue weighted by Crippen LogP contribution is 2.33. The molecule has 1 heterocycles. The van der Waals surface area contributed by atoms with Gasteiger partial charge in [-0.2, -0.15) is 5.10 Å². The molecule has 0 saturated carbocycles. The van der Waals surface area contributed by atoms with Crippen LogP contribution in [0.5, 0.6) is 11.5 Å². The van der Waals surface area contributed by atoms with E-state index in [1.165, 1.54) is 11.3 Å². The molecule has 0 unspecified atom stereocenters. The number of rotatable bonds is 6. The van der Waals surface area contributed by atoms with E-state index in [1.807, 2.05) is 30.5 Å². The Morgan fingerprint density at radius 1 is 1.50 bits per heavy atom. The molecule has 1 amide bonds. The summed E-state index contributed by atoms with van der Waals surface area (Å²) in [5, 5.41) is 5.82. The van der Waals surface area contributed by atoms with Crippen molar-refractivity contribution in [1.29, 1.82) is 0 Å². The number of halogens is 1. The Labute approximate surface area is 146 Å². The van der Waals surface area contributed by atoms with Crippen LogP contribution in [0.25, 0.3) is 0 Å². The van der Waals surface area contributed by atoms with Crippen molar-refractivity contribution in [3.05, 3.63) is 43.7 Å². The zero-order valence-corrected chi connectivity index (χ0v) is 15.1. The molecule has 0 saturated heterocycles. The van der Waals surface area contributed by atoms with Crippen molar-refractivity contribution >= 4 is 46.0 Å². The average molecular weight is 430 g/mol. The molecule has 1 aromatic carbocycles. The van der Waals surface area contributed by atoms with Crippen LogP contribution in [0.1, 0.15) is 22.2 Å². The molecule has 116 valence electrons. The number of nitrogens with one attached hydrogen (secondary N) is 1. The van der Waals surface area contributed by atoms with Crippen molar-refractivity contribution in [1.82, 2.24) is 5.43 Å². The summed E-state index contributed by atoms with van der Waals surface area (Å²) < 4.78 is 11.8. The Morgan fingerprint density at radius 3 is 2.95 bits per heavy atom. The molecule has 0 aliphatic heterocycles. The molecule has 1 aromatic heterocycles. The van der Waals surface area contributed by atoms with Gasteiger partial charge < -0.3 is 9.47 Å².